The van der Waals surface area contributed by atoms with E-state index < -0.39 is 56.0 Å². The number of aromatic amines is 1. The number of hydrogen-bond acceptors (Lipinski definition) is 8. The number of azide groups is 1. The second kappa shape index (κ2) is 10.2. The highest BCUT2D eigenvalue weighted by atomic mass is 31.2. The fourth-order valence-electron chi connectivity index (χ4n) is 3.01. The van der Waals surface area contributed by atoms with E-state index in [9.17, 15) is 23.8 Å². The van der Waals surface area contributed by atoms with Crippen LogP contribution in [0.1, 0.15) is 32.1 Å². The van der Waals surface area contributed by atoms with Crippen molar-refractivity contribution < 1.29 is 28.3 Å². The molecular weight excluding hydrogens is 435 g/mol. The molecule has 2 heterocycles. The molecule has 15 heteroatoms. The van der Waals surface area contributed by atoms with E-state index in [-0.39, 0.29) is 17.9 Å². The lowest BCUT2D eigenvalue weighted by atomic mass is 10.1. The first-order valence-electron chi connectivity index (χ1n) is 9.33. The van der Waals surface area contributed by atoms with Gasteiger partial charge in [-0.3, -0.25) is 23.7 Å². The smallest absolute Gasteiger partial charge is 0.403 e. The summed E-state index contributed by atoms with van der Waals surface area (Å²) in [5.41, 5.74) is 7.83. The highest BCUT2D eigenvalue weighted by Crippen LogP contribution is 2.40. The first-order chi connectivity index (χ1) is 14.5. The summed E-state index contributed by atoms with van der Waals surface area (Å²) in [6, 6.07) is -1.90. The molecular formula is C16H25N6O8P. The molecule has 14 nitrogen and oxygen atoms in total. The Labute approximate surface area is 176 Å². The lowest BCUT2D eigenvalue weighted by Gasteiger charge is -2.24. The fraction of sp³-hybridized carbons (Fsp3) is 0.688. The van der Waals surface area contributed by atoms with Crippen LogP contribution in [-0.4, -0.2) is 52.3 Å². The van der Waals surface area contributed by atoms with Gasteiger partial charge in [0.05, 0.1) is 25.9 Å². The molecule has 1 aromatic rings. The summed E-state index contributed by atoms with van der Waals surface area (Å²) in [6.45, 7) is 4.35. The molecule has 2 rings (SSSR count). The predicted molar refractivity (Wildman–Crippen MR) is 107 cm³/mol. The maximum absolute atomic E-state index is 12.4. The van der Waals surface area contributed by atoms with Gasteiger partial charge in [0.25, 0.3) is 5.56 Å². The minimum Gasteiger partial charge on any atom is -0.468 e. The number of esters is 1. The molecule has 172 valence electrons. The molecule has 1 fully saturated rings. The Hall–Kier alpha value is -2.47. The Balaban J connectivity index is 2.14. The highest BCUT2D eigenvalue weighted by molar-refractivity contribution is 7.50. The average molecular weight is 460 g/mol. The third-order valence-electron chi connectivity index (χ3n) is 4.70. The van der Waals surface area contributed by atoms with Crippen molar-refractivity contribution in [3.8, 4) is 0 Å². The number of carbonyl (C=O) groups excluding carboxylic acids is 1. The van der Waals surface area contributed by atoms with E-state index in [1.54, 1.807) is 13.8 Å². The van der Waals surface area contributed by atoms with Crippen LogP contribution in [0.5, 0.6) is 0 Å². The summed E-state index contributed by atoms with van der Waals surface area (Å²) in [4.78, 5) is 50.5. The van der Waals surface area contributed by atoms with Crippen LogP contribution in [0.2, 0.25) is 0 Å². The van der Waals surface area contributed by atoms with Crippen LogP contribution in [0, 0.1) is 12.8 Å². The van der Waals surface area contributed by atoms with Gasteiger partial charge in [0, 0.05) is 23.1 Å². The van der Waals surface area contributed by atoms with Crippen molar-refractivity contribution in [2.45, 2.75) is 51.6 Å². The van der Waals surface area contributed by atoms with Crippen molar-refractivity contribution in [2.75, 3.05) is 13.7 Å². The molecule has 31 heavy (non-hydrogen) atoms. The zero-order chi connectivity index (χ0) is 23.3. The molecule has 0 bridgehead atoms. The normalized spacial score (nSPS) is 23.7. The minimum atomic E-state index is -4.46. The monoisotopic (exact) mass is 460 g/mol. The molecule has 0 saturated carbocycles. The second-order valence-corrected chi connectivity index (χ2v) is 8.86. The zero-order valence-corrected chi connectivity index (χ0v) is 18.3. The number of methoxy groups -OCH3 is 1. The quantitative estimate of drug-likeness (QED) is 0.156. The van der Waals surface area contributed by atoms with Crippen molar-refractivity contribution in [1.29, 1.82) is 0 Å². The van der Waals surface area contributed by atoms with Gasteiger partial charge in [-0.05, 0) is 18.4 Å². The number of rotatable bonds is 9. The van der Waals surface area contributed by atoms with Crippen LogP contribution in [-0.2, 0) is 23.4 Å². The van der Waals surface area contributed by atoms with E-state index in [1.807, 2.05) is 0 Å². The third-order valence-corrected chi connectivity index (χ3v) is 5.80. The number of aromatic nitrogens is 2. The molecule has 0 aliphatic carbocycles. The molecule has 0 spiro atoms. The summed E-state index contributed by atoms with van der Waals surface area (Å²) in [5, 5.41) is 5.84. The summed E-state index contributed by atoms with van der Waals surface area (Å²) in [7, 11) is -3.31. The van der Waals surface area contributed by atoms with Crippen molar-refractivity contribution >= 4 is 13.7 Å². The van der Waals surface area contributed by atoms with Gasteiger partial charge in [0.15, 0.2) is 0 Å². The Morgan fingerprint density at radius 1 is 1.55 bits per heavy atom. The van der Waals surface area contributed by atoms with E-state index >= 15 is 0 Å². The molecule has 0 amide bonds. The van der Waals surface area contributed by atoms with Crippen LogP contribution < -0.4 is 16.3 Å². The van der Waals surface area contributed by atoms with Crippen LogP contribution in [0.15, 0.2) is 20.9 Å². The standard InChI is InChI=1S/C16H25N6O8P/c1-8(2)13(15(24)28-4)20-31(26,27)29-7-11-10(19-21-17)5-12(30-11)22-6-9(3)14(23)18-16(22)25/h6,8,10-13H,5,7H2,1-4H3,(H,18,23,25)(H2,20,26,27)/t10-,11+,12+,13-/m0/s1. The van der Waals surface area contributed by atoms with Gasteiger partial charge in [-0.25, -0.2) is 14.4 Å². The molecule has 1 saturated heterocycles. The van der Waals surface area contributed by atoms with Crippen LogP contribution in [0.4, 0.5) is 0 Å². The topological polar surface area (TPSA) is 198 Å². The van der Waals surface area contributed by atoms with E-state index in [2.05, 4.69) is 24.8 Å². The largest absolute Gasteiger partial charge is 0.468 e. The first-order valence-corrected chi connectivity index (χ1v) is 10.9. The Morgan fingerprint density at radius 2 is 2.23 bits per heavy atom. The van der Waals surface area contributed by atoms with Gasteiger partial charge in [0.2, 0.25) is 0 Å². The van der Waals surface area contributed by atoms with E-state index in [0.717, 1.165) is 11.7 Å². The average Bonchev–Trinajstić information content (AvgIpc) is 3.09. The number of H-pyrrole nitrogens is 1. The summed E-state index contributed by atoms with van der Waals surface area (Å²) < 4.78 is 28.9. The summed E-state index contributed by atoms with van der Waals surface area (Å²) in [6.07, 6.45) is -0.470. The van der Waals surface area contributed by atoms with Gasteiger partial charge in [-0.1, -0.05) is 19.0 Å². The predicted octanol–water partition coefficient (Wildman–Crippen LogP) is 0.716. The van der Waals surface area contributed by atoms with E-state index in [0.29, 0.717) is 0 Å². The van der Waals surface area contributed by atoms with Gasteiger partial charge in [-0.2, -0.15) is 0 Å². The molecule has 0 aromatic carbocycles. The van der Waals surface area contributed by atoms with E-state index in [4.69, 9.17) is 14.8 Å². The number of nitrogens with one attached hydrogen (secondary N) is 2. The van der Waals surface area contributed by atoms with Gasteiger partial charge in [0.1, 0.15) is 12.3 Å². The Morgan fingerprint density at radius 3 is 2.81 bits per heavy atom. The first kappa shape index (κ1) is 24.8. The van der Waals surface area contributed by atoms with Crippen LogP contribution >= 0.6 is 7.75 Å². The number of ether oxygens (including phenoxy) is 2. The molecule has 0 radical (unpaired) electrons. The van der Waals surface area contributed by atoms with Gasteiger partial charge >= 0.3 is 19.4 Å². The number of nitrogens with zero attached hydrogens (tertiary/aromatic N) is 4. The fourth-order valence-corrected chi connectivity index (χ4v) is 4.19. The van der Waals surface area contributed by atoms with Gasteiger partial charge < -0.3 is 14.4 Å². The maximum atomic E-state index is 12.4. The number of aryl methyl sites for hydroxylation is 1. The molecule has 1 aromatic heterocycles. The third kappa shape index (κ3) is 6.26. The molecule has 1 aliphatic rings. The number of hydrogen-bond donors (Lipinski definition) is 3. The lowest BCUT2D eigenvalue weighted by molar-refractivity contribution is -0.143. The number of carbonyl (C=O) groups is 1. The van der Waals surface area contributed by atoms with Crippen LogP contribution in [0.3, 0.4) is 0 Å². The second-order valence-electron chi connectivity index (χ2n) is 7.31. The zero-order valence-electron chi connectivity index (χ0n) is 17.4. The van der Waals surface area contributed by atoms with Crippen molar-refractivity contribution in [1.82, 2.24) is 14.6 Å². The maximum Gasteiger partial charge on any atom is 0.403 e. The van der Waals surface area contributed by atoms with Crippen LogP contribution in [0.25, 0.3) is 10.4 Å². The summed E-state index contributed by atoms with van der Waals surface area (Å²) in [5.74, 6) is -1.10. The Kier molecular flexibility index (Phi) is 8.18. The van der Waals surface area contributed by atoms with Crippen molar-refractivity contribution in [2.24, 2.45) is 11.0 Å². The SMILES string of the molecule is COC(=O)[C@@H](NP(=O)(O)OC[C@H]1O[C@@H](n2cc(C)c(=O)[nH]c2=O)C[C@@H]1N=[N+]=[N-])C(C)C. The molecule has 5 atom stereocenters. The highest BCUT2D eigenvalue weighted by Gasteiger charge is 2.39. The molecule has 1 aliphatic heterocycles. The Bertz CT molecular complexity index is 1020. The minimum absolute atomic E-state index is 0.0728. The molecule has 1 unspecified atom stereocenters. The molecule has 3 N–H and O–H groups in total. The van der Waals surface area contributed by atoms with Crippen molar-refractivity contribution in [3.05, 3.63) is 43.0 Å². The summed E-state index contributed by atoms with van der Waals surface area (Å²) >= 11 is 0. The lowest BCUT2D eigenvalue weighted by Crippen LogP contribution is -2.40. The van der Waals surface area contributed by atoms with Crippen molar-refractivity contribution in [3.63, 3.8) is 0 Å². The van der Waals surface area contributed by atoms with E-state index in [1.165, 1.54) is 13.1 Å². The van der Waals surface area contributed by atoms with Gasteiger partial charge in [-0.15, -0.1) is 0 Å².